The van der Waals surface area contributed by atoms with E-state index in [0.29, 0.717) is 6.04 Å². The minimum Gasteiger partial charge on any atom is -0.317 e. The van der Waals surface area contributed by atoms with Crippen molar-refractivity contribution in [1.29, 1.82) is 0 Å². The molecule has 0 aliphatic carbocycles. The van der Waals surface area contributed by atoms with Gasteiger partial charge in [0.2, 0.25) is 0 Å². The summed E-state index contributed by atoms with van der Waals surface area (Å²) in [4.78, 5) is 13.0. The van der Waals surface area contributed by atoms with E-state index in [1.54, 1.807) is 18.2 Å². The first-order valence-corrected chi connectivity index (χ1v) is 7.39. The van der Waals surface area contributed by atoms with Crippen LogP contribution in [-0.2, 0) is 6.54 Å². The molecule has 5 heteroatoms. The predicted molar refractivity (Wildman–Crippen MR) is 79.7 cm³/mol. The third-order valence-electron chi connectivity index (χ3n) is 3.84. The Balaban J connectivity index is 2.06. The van der Waals surface area contributed by atoms with Crippen molar-refractivity contribution >= 4 is 5.69 Å². The Morgan fingerprint density at radius 1 is 1.40 bits per heavy atom. The molecule has 0 saturated carbocycles. The summed E-state index contributed by atoms with van der Waals surface area (Å²) in [5.41, 5.74) is 1.22. The van der Waals surface area contributed by atoms with Crippen molar-refractivity contribution in [3.63, 3.8) is 0 Å². The van der Waals surface area contributed by atoms with Crippen LogP contribution in [0.25, 0.3) is 0 Å². The van der Waals surface area contributed by atoms with Crippen molar-refractivity contribution < 1.29 is 4.92 Å². The third-order valence-corrected chi connectivity index (χ3v) is 3.84. The van der Waals surface area contributed by atoms with E-state index >= 15 is 0 Å². The summed E-state index contributed by atoms with van der Waals surface area (Å²) in [5.74, 6) is 0. The molecule has 5 nitrogen and oxygen atoms in total. The molecular weight excluding hydrogens is 254 g/mol. The Kier molecular flexibility index (Phi) is 5.49. The van der Waals surface area contributed by atoms with Gasteiger partial charge in [-0.2, -0.15) is 0 Å². The van der Waals surface area contributed by atoms with Gasteiger partial charge in [0.1, 0.15) is 0 Å². The Morgan fingerprint density at radius 3 is 2.80 bits per heavy atom. The number of non-ortho nitro benzene ring substituents is 1. The summed E-state index contributed by atoms with van der Waals surface area (Å²) >= 11 is 0. The standard InChI is InChI=1S/C15H23N3O2/c1-2-10-17(14-6-8-16-9-7-14)12-13-4-3-5-15(11-13)18(19)20/h3-5,11,14,16H,2,6-10,12H2,1H3. The Hall–Kier alpha value is -1.46. The monoisotopic (exact) mass is 277 g/mol. The fourth-order valence-electron chi connectivity index (χ4n) is 2.85. The molecule has 0 aromatic heterocycles. The van der Waals surface area contributed by atoms with Crippen molar-refractivity contribution in [2.75, 3.05) is 19.6 Å². The van der Waals surface area contributed by atoms with Crippen LogP contribution in [0.5, 0.6) is 0 Å². The molecule has 1 aromatic carbocycles. The maximum atomic E-state index is 10.9. The lowest BCUT2D eigenvalue weighted by molar-refractivity contribution is -0.384. The Labute approximate surface area is 120 Å². The predicted octanol–water partition coefficient (Wildman–Crippen LogP) is 2.56. The zero-order chi connectivity index (χ0) is 14.4. The highest BCUT2D eigenvalue weighted by atomic mass is 16.6. The van der Waals surface area contributed by atoms with Crippen molar-refractivity contribution in [3.8, 4) is 0 Å². The average Bonchev–Trinajstić information content (AvgIpc) is 2.48. The molecule has 20 heavy (non-hydrogen) atoms. The summed E-state index contributed by atoms with van der Waals surface area (Å²) in [5, 5.41) is 14.2. The molecular formula is C15H23N3O2. The minimum atomic E-state index is -0.321. The van der Waals surface area contributed by atoms with E-state index in [0.717, 1.165) is 51.0 Å². The summed E-state index contributed by atoms with van der Waals surface area (Å²) in [6.07, 6.45) is 3.43. The molecule has 2 rings (SSSR count). The molecule has 1 aliphatic heterocycles. The lowest BCUT2D eigenvalue weighted by atomic mass is 10.0. The van der Waals surface area contributed by atoms with E-state index in [4.69, 9.17) is 0 Å². The zero-order valence-electron chi connectivity index (χ0n) is 12.0. The van der Waals surface area contributed by atoms with Crippen molar-refractivity contribution in [2.45, 2.75) is 38.8 Å². The molecule has 0 spiro atoms. The quantitative estimate of drug-likeness (QED) is 0.641. The number of nitrogens with zero attached hydrogens (tertiary/aromatic N) is 2. The number of piperidine rings is 1. The van der Waals surface area contributed by atoms with Crippen molar-refractivity contribution in [1.82, 2.24) is 10.2 Å². The first kappa shape index (κ1) is 14.9. The Morgan fingerprint density at radius 2 is 2.15 bits per heavy atom. The number of hydrogen-bond acceptors (Lipinski definition) is 4. The molecule has 1 saturated heterocycles. The summed E-state index contributed by atoms with van der Waals surface area (Å²) in [6, 6.07) is 7.61. The molecule has 0 bridgehead atoms. The second-order valence-electron chi connectivity index (χ2n) is 5.38. The van der Waals surface area contributed by atoms with Gasteiger partial charge in [0, 0.05) is 24.7 Å². The molecule has 0 amide bonds. The van der Waals surface area contributed by atoms with E-state index in [2.05, 4.69) is 17.1 Å². The van der Waals surface area contributed by atoms with Crippen LogP contribution in [0, 0.1) is 10.1 Å². The van der Waals surface area contributed by atoms with Crippen LogP contribution < -0.4 is 5.32 Å². The van der Waals surface area contributed by atoms with Crippen LogP contribution in [0.2, 0.25) is 0 Å². The lowest BCUT2D eigenvalue weighted by Crippen LogP contribution is -2.43. The summed E-state index contributed by atoms with van der Waals surface area (Å²) in [6.45, 7) is 6.18. The minimum absolute atomic E-state index is 0.184. The number of hydrogen-bond donors (Lipinski definition) is 1. The molecule has 1 heterocycles. The van der Waals surface area contributed by atoms with Crippen LogP contribution in [0.4, 0.5) is 5.69 Å². The van der Waals surface area contributed by atoms with Gasteiger partial charge in [-0.15, -0.1) is 0 Å². The van der Waals surface area contributed by atoms with Gasteiger partial charge in [0.25, 0.3) is 5.69 Å². The largest absolute Gasteiger partial charge is 0.317 e. The van der Waals surface area contributed by atoms with Gasteiger partial charge in [-0.25, -0.2) is 0 Å². The van der Waals surface area contributed by atoms with Gasteiger partial charge >= 0.3 is 0 Å². The highest BCUT2D eigenvalue weighted by molar-refractivity contribution is 5.34. The highest BCUT2D eigenvalue weighted by Crippen LogP contribution is 2.19. The maximum Gasteiger partial charge on any atom is 0.269 e. The molecule has 1 aromatic rings. The molecule has 0 unspecified atom stereocenters. The molecule has 0 radical (unpaired) electrons. The number of nitro benzene ring substituents is 1. The first-order chi connectivity index (χ1) is 9.70. The van der Waals surface area contributed by atoms with Crippen LogP contribution in [-0.4, -0.2) is 35.5 Å². The molecule has 1 N–H and O–H groups in total. The van der Waals surface area contributed by atoms with E-state index in [9.17, 15) is 10.1 Å². The molecule has 110 valence electrons. The second kappa shape index (κ2) is 7.36. The van der Waals surface area contributed by atoms with Gasteiger partial charge in [-0.1, -0.05) is 19.1 Å². The average molecular weight is 277 g/mol. The Bertz CT molecular complexity index is 444. The van der Waals surface area contributed by atoms with E-state index in [1.165, 1.54) is 0 Å². The van der Waals surface area contributed by atoms with Crippen LogP contribution in [0.3, 0.4) is 0 Å². The van der Waals surface area contributed by atoms with Gasteiger partial charge in [0.15, 0.2) is 0 Å². The summed E-state index contributed by atoms with van der Waals surface area (Å²) < 4.78 is 0. The smallest absolute Gasteiger partial charge is 0.269 e. The van der Waals surface area contributed by atoms with Gasteiger partial charge in [-0.3, -0.25) is 15.0 Å². The number of nitro groups is 1. The van der Waals surface area contributed by atoms with Gasteiger partial charge < -0.3 is 5.32 Å². The van der Waals surface area contributed by atoms with Gasteiger partial charge in [-0.05, 0) is 44.5 Å². The molecule has 0 atom stereocenters. The number of benzene rings is 1. The van der Waals surface area contributed by atoms with Crippen molar-refractivity contribution in [2.24, 2.45) is 0 Å². The second-order valence-corrected chi connectivity index (χ2v) is 5.38. The van der Waals surface area contributed by atoms with Crippen LogP contribution in [0.15, 0.2) is 24.3 Å². The fourth-order valence-corrected chi connectivity index (χ4v) is 2.85. The topological polar surface area (TPSA) is 58.4 Å². The number of nitrogens with one attached hydrogen (secondary N) is 1. The summed E-state index contributed by atoms with van der Waals surface area (Å²) in [7, 11) is 0. The van der Waals surface area contributed by atoms with E-state index < -0.39 is 0 Å². The third kappa shape index (κ3) is 4.02. The fraction of sp³-hybridized carbons (Fsp3) is 0.600. The lowest BCUT2D eigenvalue weighted by Gasteiger charge is -2.34. The highest BCUT2D eigenvalue weighted by Gasteiger charge is 2.20. The molecule has 1 aliphatic rings. The normalized spacial score (nSPS) is 16.5. The number of rotatable bonds is 6. The van der Waals surface area contributed by atoms with Crippen LogP contribution in [0.1, 0.15) is 31.7 Å². The maximum absolute atomic E-state index is 10.9. The van der Waals surface area contributed by atoms with E-state index in [1.807, 2.05) is 6.07 Å². The van der Waals surface area contributed by atoms with Crippen molar-refractivity contribution in [3.05, 3.63) is 39.9 Å². The molecule has 1 fully saturated rings. The van der Waals surface area contributed by atoms with Crippen LogP contribution >= 0.6 is 0 Å². The van der Waals surface area contributed by atoms with Gasteiger partial charge in [0.05, 0.1) is 4.92 Å². The zero-order valence-corrected chi connectivity index (χ0v) is 12.0. The first-order valence-electron chi connectivity index (χ1n) is 7.39. The SMILES string of the molecule is CCCN(Cc1cccc([N+](=O)[O-])c1)C1CCNCC1. The van der Waals surface area contributed by atoms with E-state index in [-0.39, 0.29) is 10.6 Å².